The molecule has 1 aliphatic rings. The maximum Gasteiger partial charge on any atom is 0.161 e. The number of ether oxygens (including phenoxy) is 2. The SMILES string of the molecule is COc1ccc(CNC2CCCCC2(C)C)cc1OC. The average molecular weight is 277 g/mol. The van der Waals surface area contributed by atoms with Crippen LogP contribution in [0.1, 0.15) is 45.1 Å². The zero-order valence-electron chi connectivity index (χ0n) is 13.2. The van der Waals surface area contributed by atoms with E-state index in [-0.39, 0.29) is 0 Å². The fourth-order valence-corrected chi connectivity index (χ4v) is 3.10. The lowest BCUT2D eigenvalue weighted by Crippen LogP contribution is -2.43. The largest absolute Gasteiger partial charge is 0.493 e. The van der Waals surface area contributed by atoms with E-state index in [1.54, 1.807) is 14.2 Å². The van der Waals surface area contributed by atoms with Crippen molar-refractivity contribution in [2.75, 3.05) is 14.2 Å². The van der Waals surface area contributed by atoms with Crippen molar-refractivity contribution in [1.29, 1.82) is 0 Å². The van der Waals surface area contributed by atoms with Crippen LogP contribution in [-0.4, -0.2) is 20.3 Å². The second-order valence-electron chi connectivity index (χ2n) is 6.36. The van der Waals surface area contributed by atoms with Gasteiger partial charge in [0.1, 0.15) is 0 Å². The summed E-state index contributed by atoms with van der Waals surface area (Å²) in [5, 5.41) is 3.72. The third-order valence-electron chi connectivity index (χ3n) is 4.51. The molecule has 1 aromatic rings. The van der Waals surface area contributed by atoms with Gasteiger partial charge in [0.05, 0.1) is 14.2 Å². The zero-order valence-corrected chi connectivity index (χ0v) is 13.2. The van der Waals surface area contributed by atoms with Gasteiger partial charge in [-0.3, -0.25) is 0 Å². The molecule has 1 aromatic carbocycles. The molecule has 0 heterocycles. The summed E-state index contributed by atoms with van der Waals surface area (Å²) in [5.41, 5.74) is 1.64. The minimum Gasteiger partial charge on any atom is -0.493 e. The van der Waals surface area contributed by atoms with Gasteiger partial charge in [-0.15, -0.1) is 0 Å². The Kier molecular flexibility index (Phi) is 4.92. The van der Waals surface area contributed by atoms with Crippen LogP contribution in [-0.2, 0) is 6.54 Å². The fraction of sp³-hybridized carbons (Fsp3) is 0.647. The quantitative estimate of drug-likeness (QED) is 0.889. The van der Waals surface area contributed by atoms with Gasteiger partial charge in [-0.05, 0) is 36.0 Å². The number of benzene rings is 1. The Morgan fingerprint density at radius 3 is 2.55 bits per heavy atom. The summed E-state index contributed by atoms with van der Waals surface area (Å²) in [7, 11) is 3.35. The summed E-state index contributed by atoms with van der Waals surface area (Å²) in [6.07, 6.45) is 5.30. The van der Waals surface area contributed by atoms with Gasteiger partial charge in [0.15, 0.2) is 11.5 Å². The van der Waals surface area contributed by atoms with E-state index in [9.17, 15) is 0 Å². The molecule has 0 saturated heterocycles. The number of methoxy groups -OCH3 is 2. The smallest absolute Gasteiger partial charge is 0.161 e. The topological polar surface area (TPSA) is 30.5 Å². The Hall–Kier alpha value is -1.22. The Bertz CT molecular complexity index is 443. The number of rotatable bonds is 5. The summed E-state index contributed by atoms with van der Waals surface area (Å²) >= 11 is 0. The molecule has 3 nitrogen and oxygen atoms in total. The molecule has 1 N–H and O–H groups in total. The van der Waals surface area contributed by atoms with Crippen LogP contribution in [0.5, 0.6) is 11.5 Å². The molecule has 0 aromatic heterocycles. The third-order valence-corrected chi connectivity index (χ3v) is 4.51. The van der Waals surface area contributed by atoms with Crippen molar-refractivity contribution in [1.82, 2.24) is 5.32 Å². The van der Waals surface area contributed by atoms with Gasteiger partial charge in [-0.2, -0.15) is 0 Å². The molecule has 0 bridgehead atoms. The maximum absolute atomic E-state index is 5.36. The highest BCUT2D eigenvalue weighted by Gasteiger charge is 2.31. The number of hydrogen-bond acceptors (Lipinski definition) is 3. The standard InChI is InChI=1S/C17H27NO2/c1-17(2)10-6-5-7-16(17)18-12-13-8-9-14(19-3)15(11-13)20-4/h8-9,11,16,18H,5-7,10,12H2,1-4H3. The van der Waals surface area contributed by atoms with Crippen molar-refractivity contribution in [3.8, 4) is 11.5 Å². The van der Waals surface area contributed by atoms with Crippen LogP contribution in [0, 0.1) is 5.41 Å². The highest BCUT2D eigenvalue weighted by atomic mass is 16.5. The van der Waals surface area contributed by atoms with Crippen LogP contribution < -0.4 is 14.8 Å². The van der Waals surface area contributed by atoms with Gasteiger partial charge in [0, 0.05) is 12.6 Å². The van der Waals surface area contributed by atoms with E-state index in [2.05, 4.69) is 31.3 Å². The lowest BCUT2D eigenvalue weighted by molar-refractivity contribution is 0.166. The van der Waals surface area contributed by atoms with E-state index in [0.717, 1.165) is 18.0 Å². The van der Waals surface area contributed by atoms with E-state index in [0.29, 0.717) is 11.5 Å². The molecule has 0 aliphatic heterocycles. The molecule has 1 saturated carbocycles. The Balaban J connectivity index is 2.00. The van der Waals surface area contributed by atoms with Crippen LogP contribution in [0.15, 0.2) is 18.2 Å². The van der Waals surface area contributed by atoms with E-state index in [4.69, 9.17) is 9.47 Å². The Morgan fingerprint density at radius 1 is 1.15 bits per heavy atom. The van der Waals surface area contributed by atoms with Crippen molar-refractivity contribution < 1.29 is 9.47 Å². The molecular formula is C17H27NO2. The normalized spacial score (nSPS) is 21.5. The van der Waals surface area contributed by atoms with E-state index < -0.39 is 0 Å². The van der Waals surface area contributed by atoms with Crippen LogP contribution in [0.25, 0.3) is 0 Å². The van der Waals surface area contributed by atoms with Crippen molar-refractivity contribution >= 4 is 0 Å². The molecule has 112 valence electrons. The van der Waals surface area contributed by atoms with Gasteiger partial charge in [-0.1, -0.05) is 32.8 Å². The van der Waals surface area contributed by atoms with Gasteiger partial charge in [-0.25, -0.2) is 0 Å². The lowest BCUT2D eigenvalue weighted by atomic mass is 9.73. The second kappa shape index (κ2) is 6.49. The molecule has 1 fully saturated rings. The van der Waals surface area contributed by atoms with Gasteiger partial charge >= 0.3 is 0 Å². The molecule has 1 atom stereocenters. The first-order valence-corrected chi connectivity index (χ1v) is 7.51. The van der Waals surface area contributed by atoms with Crippen LogP contribution >= 0.6 is 0 Å². The zero-order chi connectivity index (χ0) is 14.6. The van der Waals surface area contributed by atoms with Crippen LogP contribution in [0.2, 0.25) is 0 Å². The van der Waals surface area contributed by atoms with Gasteiger partial charge < -0.3 is 14.8 Å². The first kappa shape index (κ1) is 15.2. The third kappa shape index (κ3) is 3.45. The van der Waals surface area contributed by atoms with Crippen molar-refractivity contribution in [2.24, 2.45) is 5.41 Å². The summed E-state index contributed by atoms with van der Waals surface area (Å²) in [6, 6.07) is 6.73. The molecule has 1 aliphatic carbocycles. The van der Waals surface area contributed by atoms with Crippen molar-refractivity contribution in [3.63, 3.8) is 0 Å². The molecule has 20 heavy (non-hydrogen) atoms. The number of hydrogen-bond donors (Lipinski definition) is 1. The van der Waals surface area contributed by atoms with Crippen molar-refractivity contribution in [3.05, 3.63) is 23.8 Å². The molecule has 0 radical (unpaired) electrons. The van der Waals surface area contributed by atoms with Crippen LogP contribution in [0.4, 0.5) is 0 Å². The monoisotopic (exact) mass is 277 g/mol. The molecule has 0 amide bonds. The molecule has 0 spiro atoms. The highest BCUT2D eigenvalue weighted by Crippen LogP contribution is 2.35. The maximum atomic E-state index is 5.36. The predicted molar refractivity (Wildman–Crippen MR) is 82.4 cm³/mol. The molecule has 1 unspecified atom stereocenters. The first-order chi connectivity index (χ1) is 9.56. The lowest BCUT2D eigenvalue weighted by Gasteiger charge is -2.39. The Labute approximate surface area is 122 Å². The summed E-state index contributed by atoms with van der Waals surface area (Å²) in [4.78, 5) is 0. The fourth-order valence-electron chi connectivity index (χ4n) is 3.10. The first-order valence-electron chi connectivity index (χ1n) is 7.51. The highest BCUT2D eigenvalue weighted by molar-refractivity contribution is 5.42. The van der Waals surface area contributed by atoms with Gasteiger partial charge in [0.2, 0.25) is 0 Å². The summed E-state index contributed by atoms with van der Waals surface area (Å²) in [6.45, 7) is 5.63. The predicted octanol–water partition coefficient (Wildman–Crippen LogP) is 3.76. The summed E-state index contributed by atoms with van der Waals surface area (Å²) in [5.74, 6) is 1.59. The molecule has 3 heteroatoms. The average Bonchev–Trinajstić information content (AvgIpc) is 2.45. The number of nitrogens with one attached hydrogen (secondary N) is 1. The molecule has 2 rings (SSSR count). The van der Waals surface area contributed by atoms with Gasteiger partial charge in [0.25, 0.3) is 0 Å². The Morgan fingerprint density at radius 2 is 1.90 bits per heavy atom. The molecular weight excluding hydrogens is 250 g/mol. The van der Waals surface area contributed by atoms with E-state index in [1.165, 1.54) is 31.2 Å². The minimum atomic E-state index is 0.398. The van der Waals surface area contributed by atoms with Crippen molar-refractivity contribution in [2.45, 2.75) is 52.1 Å². The summed E-state index contributed by atoms with van der Waals surface area (Å²) < 4.78 is 10.6. The van der Waals surface area contributed by atoms with Crippen LogP contribution in [0.3, 0.4) is 0 Å². The minimum absolute atomic E-state index is 0.398. The van der Waals surface area contributed by atoms with E-state index in [1.807, 2.05) is 6.07 Å². The second-order valence-corrected chi connectivity index (χ2v) is 6.36. The van der Waals surface area contributed by atoms with E-state index >= 15 is 0 Å².